The fourth-order valence-corrected chi connectivity index (χ4v) is 0.0208. The lowest BCUT2D eigenvalue weighted by Crippen LogP contribution is -2.20. The summed E-state index contributed by atoms with van der Waals surface area (Å²) in [5.74, 6) is 0. The summed E-state index contributed by atoms with van der Waals surface area (Å²) in [6.45, 7) is -15.1. The van der Waals surface area contributed by atoms with Gasteiger partial charge >= 0.3 is 0 Å². The van der Waals surface area contributed by atoms with E-state index in [1.807, 2.05) is 0 Å². The molecule has 0 aliphatic heterocycles. The lowest BCUT2D eigenvalue weighted by Gasteiger charge is -2.16. The first kappa shape index (κ1) is 0.755. The molecule has 0 spiro atoms. The molecule has 0 aromatic carbocycles. The fourth-order valence-electron chi connectivity index (χ4n) is 0.0208. The van der Waals surface area contributed by atoms with Crippen LogP contribution in [0.2, 0.25) is 0 Å². The number of aliphatic hydroxyl groups is 2. The summed E-state index contributed by atoms with van der Waals surface area (Å²) in [5, 5.41) is 7.01. The Morgan fingerprint density at radius 1 is 1.71 bits per heavy atom. The van der Waals surface area contributed by atoms with Crippen LogP contribution in [0.5, 0.6) is 0 Å². The standard InChI is InChI=1S/C5H12O2/c1-5(2,3-6)4-7/h6-7H,3-4H2,1-2H3/i1D3,2D3,3D2,4D2,6D,7D. The van der Waals surface area contributed by atoms with E-state index in [1.165, 1.54) is 0 Å². The number of rotatable bonds is 4. The molecule has 44 valence electrons. The quantitative estimate of drug-likeness (QED) is 0.542. The largest absolute Gasteiger partial charge is 0.396 e. The molecular weight excluding hydrogens is 92.1 g/mol. The van der Waals surface area contributed by atoms with Crippen molar-refractivity contribution >= 4 is 0 Å². The van der Waals surface area contributed by atoms with Crippen LogP contribution >= 0.6 is 0 Å². The van der Waals surface area contributed by atoms with Crippen molar-refractivity contribution in [3.8, 4) is 0 Å². The third-order valence-corrected chi connectivity index (χ3v) is 0.306. The van der Waals surface area contributed by atoms with Crippen molar-refractivity contribution in [3.63, 3.8) is 0 Å². The molecule has 0 bridgehead atoms. The third kappa shape index (κ3) is 2.60. The molecule has 0 amide bonds. The van der Waals surface area contributed by atoms with Gasteiger partial charge in [0.05, 0.1) is 18.6 Å². The van der Waals surface area contributed by atoms with Crippen LogP contribution in [0, 0.1) is 5.41 Å². The summed E-state index contributed by atoms with van der Waals surface area (Å²) in [6, 6.07) is 0. The monoisotopic (exact) mass is 116 g/mol. The Balaban J connectivity index is 6.59. The van der Waals surface area contributed by atoms with Crippen LogP contribution in [0.1, 0.15) is 27.4 Å². The maximum absolute atomic E-state index is 7.28. The van der Waals surface area contributed by atoms with Crippen LogP contribution in [0.25, 0.3) is 0 Å². The van der Waals surface area contributed by atoms with Gasteiger partial charge in [0.25, 0.3) is 0 Å². The second kappa shape index (κ2) is 2.28. The van der Waals surface area contributed by atoms with Gasteiger partial charge in [0.1, 0.15) is 0 Å². The average molecular weight is 116 g/mol. The Kier molecular flexibility index (Phi) is 0.246. The van der Waals surface area contributed by atoms with Crippen LogP contribution in [-0.4, -0.2) is 26.2 Å². The van der Waals surface area contributed by atoms with E-state index in [4.69, 9.17) is 16.6 Å². The molecule has 0 saturated carbocycles. The molecule has 0 aliphatic rings. The fraction of sp³-hybridized carbons (Fsp3) is 1.00. The normalized spacial score (nSPS) is 44.6. The molecule has 0 saturated heterocycles. The predicted octanol–water partition coefficient (Wildman–Crippen LogP) is -0.00280. The smallest absolute Gasteiger partial charge is 0.210 e. The van der Waals surface area contributed by atoms with Gasteiger partial charge < -0.3 is 10.2 Å². The Labute approximate surface area is 60.8 Å². The molecule has 0 fully saturated rings. The summed E-state index contributed by atoms with van der Waals surface area (Å²) < 4.78 is 85.2. The van der Waals surface area contributed by atoms with Crippen molar-refractivity contribution < 1.29 is 23.9 Å². The first-order valence-corrected chi connectivity index (χ1v) is 1.41. The second-order valence-corrected chi connectivity index (χ2v) is 0.954. The summed E-state index contributed by atoms with van der Waals surface area (Å²) in [6.07, 6.45) is 0. The van der Waals surface area contributed by atoms with Crippen molar-refractivity contribution in [2.45, 2.75) is 13.7 Å². The highest BCUT2D eigenvalue weighted by Gasteiger charge is 2.13. The zero-order valence-electron chi connectivity index (χ0n) is 15.3. The molecule has 0 aliphatic carbocycles. The van der Waals surface area contributed by atoms with Crippen molar-refractivity contribution in [2.75, 3.05) is 13.1 Å². The molecule has 2 nitrogen and oxygen atoms in total. The molecule has 7 heavy (non-hydrogen) atoms. The van der Waals surface area contributed by atoms with Gasteiger partial charge in [-0.1, -0.05) is 13.7 Å². The van der Waals surface area contributed by atoms with Gasteiger partial charge in [0.2, 0.25) is 2.86 Å². The van der Waals surface area contributed by atoms with Crippen LogP contribution < -0.4 is 0 Å². The predicted molar refractivity (Wildman–Crippen MR) is 28.0 cm³/mol. The van der Waals surface area contributed by atoms with E-state index in [2.05, 4.69) is 10.2 Å². The molecule has 0 unspecified atom stereocenters. The molecule has 2 N–H and O–H groups in total. The molecule has 0 radical (unpaired) electrons. The van der Waals surface area contributed by atoms with Gasteiger partial charge in [-0.15, -0.1) is 0 Å². The van der Waals surface area contributed by atoms with Gasteiger partial charge in [0, 0.05) is 13.6 Å². The minimum absolute atomic E-state index is 3.50. The summed E-state index contributed by atoms with van der Waals surface area (Å²) in [7, 11) is 0. The van der Waals surface area contributed by atoms with Crippen molar-refractivity contribution in [3.05, 3.63) is 0 Å². The zero-order valence-corrected chi connectivity index (χ0v) is 3.32. The Bertz CT molecular complexity index is 283. The van der Waals surface area contributed by atoms with Gasteiger partial charge in [-0.25, -0.2) is 0 Å². The van der Waals surface area contributed by atoms with Crippen molar-refractivity contribution in [2.24, 2.45) is 5.41 Å². The van der Waals surface area contributed by atoms with Crippen LogP contribution in [0.15, 0.2) is 0 Å². The summed E-state index contributed by atoms with van der Waals surface area (Å²) >= 11 is 0. The van der Waals surface area contributed by atoms with E-state index in [1.54, 1.807) is 0 Å². The van der Waals surface area contributed by atoms with Gasteiger partial charge in [-0.3, -0.25) is 0 Å². The molecule has 0 atom stereocenters. The second-order valence-electron chi connectivity index (χ2n) is 0.954. The highest BCUT2D eigenvalue weighted by Crippen LogP contribution is 2.10. The highest BCUT2D eigenvalue weighted by molar-refractivity contribution is 4.62. The van der Waals surface area contributed by atoms with Crippen molar-refractivity contribution in [1.82, 2.24) is 0 Å². The zero-order chi connectivity index (χ0) is 15.9. The van der Waals surface area contributed by atoms with E-state index in [0.29, 0.717) is 0 Å². The van der Waals surface area contributed by atoms with Gasteiger partial charge in [-0.2, -0.15) is 0 Å². The average Bonchev–Trinajstić information content (AvgIpc) is 2.12. The molecule has 0 heterocycles. The van der Waals surface area contributed by atoms with Crippen LogP contribution in [0.4, 0.5) is 0 Å². The molecule has 0 aromatic heterocycles. The third-order valence-electron chi connectivity index (χ3n) is 0.306. The maximum Gasteiger partial charge on any atom is 0.210 e. The van der Waals surface area contributed by atoms with Gasteiger partial charge in [-0.05, 0) is 0 Å². The van der Waals surface area contributed by atoms with E-state index in [-0.39, 0.29) is 0 Å². The van der Waals surface area contributed by atoms with E-state index in [0.717, 1.165) is 0 Å². The van der Waals surface area contributed by atoms with E-state index < -0.39 is 32.2 Å². The molecule has 2 heteroatoms. The molecule has 0 rings (SSSR count). The summed E-state index contributed by atoms with van der Waals surface area (Å²) in [5.41, 5.74) is -3.89. The number of hydrogen-bond acceptors (Lipinski definition) is 2. The molecular formula is C5H12O2. The van der Waals surface area contributed by atoms with Crippen molar-refractivity contribution in [1.29, 1.82) is 2.86 Å². The number of hydrogen-bond donors (Lipinski definition) is 2. The first-order chi connectivity index (χ1) is 8.12. The minimum atomic E-state index is -3.89. The van der Waals surface area contributed by atoms with Crippen LogP contribution in [0.3, 0.4) is 0 Å². The Hall–Kier alpha value is -0.0800. The Morgan fingerprint density at radius 3 is 2.57 bits per heavy atom. The lowest BCUT2D eigenvalue weighted by molar-refractivity contribution is 0.0857. The lowest BCUT2D eigenvalue weighted by atomic mass is 9.97. The SMILES string of the molecule is [2H]OC([2H])([2H])C(C([2H])([2H])[2H])(C([2H])([2H])[2H])C([2H])([2H])O[2H]. The van der Waals surface area contributed by atoms with E-state index >= 15 is 0 Å². The minimum Gasteiger partial charge on any atom is -0.396 e. The van der Waals surface area contributed by atoms with Crippen LogP contribution in [-0.2, 0) is 0 Å². The van der Waals surface area contributed by atoms with E-state index in [9.17, 15) is 0 Å². The van der Waals surface area contributed by atoms with Gasteiger partial charge in [0.15, 0.2) is 0 Å². The molecule has 0 aromatic rings. The summed E-state index contributed by atoms with van der Waals surface area (Å²) in [4.78, 5) is 0. The highest BCUT2D eigenvalue weighted by atomic mass is 16.3. The first-order valence-electron chi connectivity index (χ1n) is 7.22. The topological polar surface area (TPSA) is 40.5 Å². The maximum atomic E-state index is 7.28. The Morgan fingerprint density at radius 2 is 2.29 bits per heavy atom.